The van der Waals surface area contributed by atoms with Crippen molar-refractivity contribution in [1.82, 2.24) is 5.43 Å². The van der Waals surface area contributed by atoms with Gasteiger partial charge >= 0.3 is 0 Å². The molecule has 0 bridgehead atoms. The zero-order valence-corrected chi connectivity index (χ0v) is 21.5. The van der Waals surface area contributed by atoms with Crippen molar-refractivity contribution in [1.29, 1.82) is 0 Å². The summed E-state index contributed by atoms with van der Waals surface area (Å²) in [5, 5.41) is 4.36. The van der Waals surface area contributed by atoms with E-state index in [2.05, 4.69) is 10.5 Å². The van der Waals surface area contributed by atoms with Gasteiger partial charge in [-0.2, -0.15) is 5.10 Å². The summed E-state index contributed by atoms with van der Waals surface area (Å²) >= 11 is 6.31. The van der Waals surface area contributed by atoms with Crippen LogP contribution in [-0.2, 0) is 13.2 Å². The van der Waals surface area contributed by atoms with Crippen LogP contribution in [0.15, 0.2) is 96.1 Å². The van der Waals surface area contributed by atoms with Gasteiger partial charge in [0, 0.05) is 11.1 Å². The Balaban J connectivity index is 1.35. The largest absolute Gasteiger partial charge is 0.490 e. The molecular weight excluding hydrogens is 507 g/mol. The maximum absolute atomic E-state index is 13.8. The first-order valence-electron chi connectivity index (χ1n) is 12.0. The molecule has 4 rings (SSSR count). The normalized spacial score (nSPS) is 10.8. The first-order chi connectivity index (χ1) is 18.5. The maximum atomic E-state index is 13.8. The molecule has 0 saturated heterocycles. The molecule has 1 N–H and O–H groups in total. The second kappa shape index (κ2) is 13.3. The molecule has 4 aromatic rings. The minimum absolute atomic E-state index is 0.0513. The topological polar surface area (TPSA) is 69.2 Å². The Morgan fingerprint density at radius 1 is 0.868 bits per heavy atom. The summed E-state index contributed by atoms with van der Waals surface area (Å²) in [7, 11) is 0. The highest BCUT2D eigenvalue weighted by Gasteiger charge is 2.12. The van der Waals surface area contributed by atoms with Gasteiger partial charge in [0.25, 0.3) is 5.91 Å². The number of nitrogens with zero attached hydrogens (tertiary/aromatic N) is 1. The van der Waals surface area contributed by atoms with Crippen molar-refractivity contribution in [2.75, 3.05) is 6.61 Å². The summed E-state index contributed by atoms with van der Waals surface area (Å²) in [6, 6.07) is 26.1. The molecule has 0 heterocycles. The summed E-state index contributed by atoms with van der Waals surface area (Å²) in [5.74, 6) is 0.674. The lowest BCUT2D eigenvalue weighted by Crippen LogP contribution is -2.17. The van der Waals surface area contributed by atoms with E-state index >= 15 is 0 Å². The number of hydrogen-bond acceptors (Lipinski definition) is 5. The van der Waals surface area contributed by atoms with Crippen LogP contribution in [0.1, 0.15) is 34.0 Å². The predicted molar refractivity (Wildman–Crippen MR) is 146 cm³/mol. The van der Waals surface area contributed by atoms with E-state index in [0.29, 0.717) is 52.2 Å². The molecule has 0 radical (unpaired) electrons. The lowest BCUT2D eigenvalue weighted by Gasteiger charge is -2.13. The van der Waals surface area contributed by atoms with Crippen LogP contribution in [0.25, 0.3) is 0 Å². The van der Waals surface area contributed by atoms with E-state index in [1.807, 2.05) is 37.3 Å². The van der Waals surface area contributed by atoms with Crippen molar-refractivity contribution in [2.24, 2.45) is 5.10 Å². The zero-order chi connectivity index (χ0) is 26.7. The van der Waals surface area contributed by atoms with Crippen LogP contribution >= 0.6 is 11.6 Å². The van der Waals surface area contributed by atoms with E-state index in [-0.39, 0.29) is 12.4 Å². The number of hydrogen-bond donors (Lipinski definition) is 1. The van der Waals surface area contributed by atoms with Crippen molar-refractivity contribution >= 4 is 23.7 Å². The number of halogens is 2. The fourth-order valence-electron chi connectivity index (χ4n) is 3.49. The van der Waals surface area contributed by atoms with E-state index in [1.54, 1.807) is 54.6 Å². The monoisotopic (exact) mass is 532 g/mol. The van der Waals surface area contributed by atoms with Crippen LogP contribution < -0.4 is 19.6 Å². The molecule has 0 aromatic heterocycles. The third-order valence-corrected chi connectivity index (χ3v) is 5.71. The van der Waals surface area contributed by atoms with E-state index in [0.717, 1.165) is 5.56 Å². The van der Waals surface area contributed by atoms with Gasteiger partial charge in [-0.3, -0.25) is 4.79 Å². The van der Waals surface area contributed by atoms with E-state index < -0.39 is 5.91 Å². The fourth-order valence-corrected chi connectivity index (χ4v) is 3.73. The third-order valence-electron chi connectivity index (χ3n) is 5.42. The number of carbonyl (C=O) groups is 1. The van der Waals surface area contributed by atoms with E-state index in [1.165, 1.54) is 12.3 Å². The highest BCUT2D eigenvalue weighted by Crippen LogP contribution is 2.29. The number of nitrogens with one attached hydrogen (secondary N) is 1. The van der Waals surface area contributed by atoms with Crippen molar-refractivity contribution < 1.29 is 23.4 Å². The Hall–Kier alpha value is -4.36. The van der Waals surface area contributed by atoms with Gasteiger partial charge in [0.15, 0.2) is 11.5 Å². The highest BCUT2D eigenvalue weighted by molar-refractivity contribution is 6.32. The molecule has 0 saturated carbocycles. The molecule has 0 fully saturated rings. The van der Waals surface area contributed by atoms with Gasteiger partial charge in [0.05, 0.1) is 17.8 Å². The standard InChI is InChI=1S/C30H26ClFN2O4/c1-2-36-29-17-23(13-15-28(29)37-19-21-8-4-3-5-9-21)30(35)34-33-18-22-12-14-27(25(31)16-22)38-20-24-10-6-7-11-26(24)32/h3-18H,2,19-20H2,1H3,(H,34,35)/b33-18+. The Kier molecular flexibility index (Phi) is 9.32. The molecule has 0 aliphatic carbocycles. The average molecular weight is 533 g/mol. The van der Waals surface area contributed by atoms with Gasteiger partial charge in [0.2, 0.25) is 0 Å². The molecule has 8 heteroatoms. The number of hydrazone groups is 1. The summed E-state index contributed by atoms with van der Waals surface area (Å²) in [5.41, 5.74) is 4.97. The quantitative estimate of drug-likeness (QED) is 0.170. The third kappa shape index (κ3) is 7.33. The van der Waals surface area contributed by atoms with Crippen LogP contribution in [-0.4, -0.2) is 18.7 Å². The Morgan fingerprint density at radius 2 is 1.61 bits per heavy atom. The molecule has 0 aliphatic rings. The van der Waals surface area contributed by atoms with Crippen molar-refractivity contribution in [3.8, 4) is 17.2 Å². The molecule has 4 aromatic carbocycles. The van der Waals surface area contributed by atoms with Gasteiger partial charge < -0.3 is 14.2 Å². The lowest BCUT2D eigenvalue weighted by atomic mass is 10.2. The van der Waals surface area contributed by atoms with Crippen molar-refractivity contribution in [2.45, 2.75) is 20.1 Å². The summed E-state index contributed by atoms with van der Waals surface area (Å²) in [6.45, 7) is 2.72. The van der Waals surface area contributed by atoms with Crippen LogP contribution in [0.3, 0.4) is 0 Å². The van der Waals surface area contributed by atoms with Crippen molar-refractivity contribution in [3.63, 3.8) is 0 Å². The second-order valence-corrected chi connectivity index (χ2v) is 8.55. The molecule has 38 heavy (non-hydrogen) atoms. The van der Waals surface area contributed by atoms with Gasteiger partial charge in [-0.05, 0) is 60.5 Å². The van der Waals surface area contributed by atoms with Gasteiger partial charge in [-0.25, -0.2) is 9.82 Å². The van der Waals surface area contributed by atoms with Crippen LogP contribution in [0.5, 0.6) is 17.2 Å². The lowest BCUT2D eigenvalue weighted by molar-refractivity contribution is 0.0954. The summed E-state index contributed by atoms with van der Waals surface area (Å²) in [4.78, 5) is 12.7. The Morgan fingerprint density at radius 3 is 2.37 bits per heavy atom. The molecule has 0 atom stereocenters. The molecule has 0 aliphatic heterocycles. The second-order valence-electron chi connectivity index (χ2n) is 8.14. The average Bonchev–Trinajstić information content (AvgIpc) is 2.93. The molecule has 194 valence electrons. The number of benzene rings is 4. The molecule has 0 spiro atoms. The molecule has 0 unspecified atom stereocenters. The highest BCUT2D eigenvalue weighted by atomic mass is 35.5. The predicted octanol–water partition coefficient (Wildman–Crippen LogP) is 6.80. The number of carbonyl (C=O) groups excluding carboxylic acids is 1. The van der Waals surface area contributed by atoms with E-state index in [4.69, 9.17) is 25.8 Å². The van der Waals surface area contributed by atoms with Gasteiger partial charge in [0.1, 0.15) is 24.8 Å². The van der Waals surface area contributed by atoms with Gasteiger partial charge in [-0.15, -0.1) is 0 Å². The molecule has 6 nitrogen and oxygen atoms in total. The summed E-state index contributed by atoms with van der Waals surface area (Å²) in [6.07, 6.45) is 1.46. The zero-order valence-electron chi connectivity index (χ0n) is 20.7. The van der Waals surface area contributed by atoms with Crippen LogP contribution in [0.2, 0.25) is 5.02 Å². The van der Waals surface area contributed by atoms with Crippen LogP contribution in [0, 0.1) is 5.82 Å². The van der Waals surface area contributed by atoms with Crippen LogP contribution in [0.4, 0.5) is 4.39 Å². The van der Waals surface area contributed by atoms with Crippen molar-refractivity contribution in [3.05, 3.63) is 124 Å². The Bertz CT molecular complexity index is 1410. The minimum atomic E-state index is -0.409. The van der Waals surface area contributed by atoms with Gasteiger partial charge in [-0.1, -0.05) is 60.1 Å². The molecular formula is C30H26ClFN2O4. The van der Waals surface area contributed by atoms with E-state index in [9.17, 15) is 9.18 Å². The SMILES string of the molecule is CCOc1cc(C(=O)N/N=C/c2ccc(OCc3ccccc3F)c(Cl)c2)ccc1OCc1ccccc1. The fraction of sp³-hybridized carbons (Fsp3) is 0.133. The number of amides is 1. The number of ether oxygens (including phenoxy) is 3. The summed E-state index contributed by atoms with van der Waals surface area (Å²) < 4.78 is 31.0. The Labute approximate surface area is 225 Å². The maximum Gasteiger partial charge on any atom is 0.271 e. The smallest absolute Gasteiger partial charge is 0.271 e. The first kappa shape index (κ1) is 26.7. The minimum Gasteiger partial charge on any atom is -0.490 e. The first-order valence-corrected chi connectivity index (χ1v) is 12.3. The number of rotatable bonds is 11. The molecule has 1 amide bonds.